The highest BCUT2D eigenvalue weighted by atomic mass is 16.8. The third kappa shape index (κ3) is 5.92. The Balaban J connectivity index is 1.22. The van der Waals surface area contributed by atoms with E-state index in [9.17, 15) is 4.79 Å². The first kappa shape index (κ1) is 31.2. The van der Waals surface area contributed by atoms with Gasteiger partial charge in [0.25, 0.3) is 5.91 Å². The van der Waals surface area contributed by atoms with Gasteiger partial charge in [0.05, 0.1) is 19.6 Å². The van der Waals surface area contributed by atoms with Crippen molar-refractivity contribution in [3.8, 4) is 11.5 Å². The van der Waals surface area contributed by atoms with E-state index >= 15 is 0 Å². The summed E-state index contributed by atoms with van der Waals surface area (Å²) in [4.78, 5) is 25.5. The highest BCUT2D eigenvalue weighted by Crippen LogP contribution is 2.47. The molecule has 4 fully saturated rings. The van der Waals surface area contributed by atoms with Crippen molar-refractivity contribution in [2.24, 2.45) is 0 Å². The lowest BCUT2D eigenvalue weighted by Gasteiger charge is -2.30. The summed E-state index contributed by atoms with van der Waals surface area (Å²) in [5.74, 6) is 1.61. The maximum atomic E-state index is 13.7. The zero-order valence-corrected chi connectivity index (χ0v) is 27.5. The molecular weight excluding hydrogens is 588 g/mol. The maximum absolute atomic E-state index is 13.7. The van der Waals surface area contributed by atoms with Crippen LogP contribution in [0.3, 0.4) is 0 Å². The first-order valence-corrected chi connectivity index (χ1v) is 16.5. The smallest absolute Gasteiger partial charge is 0.252 e. The fraction of sp³-hybridized carbons (Fsp3) is 0.618. The molecule has 248 valence electrons. The van der Waals surface area contributed by atoms with Crippen LogP contribution in [0.2, 0.25) is 0 Å². The largest absolute Gasteiger partial charge is 0.497 e. The number of benzene rings is 1. The molecule has 1 amide bonds. The van der Waals surface area contributed by atoms with Crippen molar-refractivity contribution < 1.29 is 28.5 Å². The van der Waals surface area contributed by atoms with Gasteiger partial charge < -0.3 is 43.8 Å². The molecule has 3 saturated heterocycles. The zero-order valence-electron chi connectivity index (χ0n) is 27.5. The molecule has 0 bridgehead atoms. The number of methoxy groups -OCH3 is 2. The second-order valence-electron chi connectivity index (χ2n) is 13.5. The summed E-state index contributed by atoms with van der Waals surface area (Å²) in [5.41, 5.74) is 2.92. The molecule has 0 unspecified atom stereocenters. The third-order valence-electron chi connectivity index (χ3n) is 10.0. The van der Waals surface area contributed by atoms with E-state index < -0.39 is 30.3 Å². The number of nitrogens with one attached hydrogen (secondary N) is 2. The molecule has 2 N–H and O–H groups in total. The molecule has 4 atom stereocenters. The van der Waals surface area contributed by atoms with Crippen LogP contribution in [-0.4, -0.2) is 89.8 Å². The van der Waals surface area contributed by atoms with Crippen molar-refractivity contribution in [2.75, 3.05) is 39.7 Å². The van der Waals surface area contributed by atoms with Gasteiger partial charge in [0, 0.05) is 30.4 Å². The summed E-state index contributed by atoms with van der Waals surface area (Å²) in [5, 5.41) is 7.79. The van der Waals surface area contributed by atoms with Crippen LogP contribution < -0.4 is 20.1 Å². The molecule has 1 aromatic carbocycles. The summed E-state index contributed by atoms with van der Waals surface area (Å²) in [7, 11) is 5.41. The fourth-order valence-corrected chi connectivity index (χ4v) is 7.61. The molecule has 4 aliphatic rings. The Bertz CT molecular complexity index is 1560. The van der Waals surface area contributed by atoms with Gasteiger partial charge in [0.1, 0.15) is 41.5 Å². The summed E-state index contributed by atoms with van der Waals surface area (Å²) in [6.45, 7) is 6.20. The molecule has 0 radical (unpaired) electrons. The molecule has 7 rings (SSSR count). The summed E-state index contributed by atoms with van der Waals surface area (Å²) < 4.78 is 32.5. The minimum atomic E-state index is -0.847. The van der Waals surface area contributed by atoms with E-state index in [1.54, 1.807) is 20.5 Å². The number of aromatic nitrogens is 3. The average Bonchev–Trinajstić information content (AvgIpc) is 3.84. The first-order valence-electron chi connectivity index (χ1n) is 16.5. The van der Waals surface area contributed by atoms with Gasteiger partial charge in [0.2, 0.25) is 0 Å². The Morgan fingerprint density at radius 2 is 1.80 bits per heavy atom. The minimum Gasteiger partial charge on any atom is -0.497 e. The molecule has 1 aliphatic carbocycles. The van der Waals surface area contributed by atoms with Crippen LogP contribution >= 0.6 is 0 Å². The van der Waals surface area contributed by atoms with E-state index in [1.807, 2.05) is 32.0 Å². The first-order chi connectivity index (χ1) is 22.2. The Kier molecular flexibility index (Phi) is 8.56. The van der Waals surface area contributed by atoms with Crippen molar-refractivity contribution >= 4 is 22.8 Å². The van der Waals surface area contributed by atoms with Gasteiger partial charge in [-0.3, -0.25) is 4.79 Å². The molecule has 12 heteroatoms. The highest BCUT2D eigenvalue weighted by Gasteiger charge is 2.58. The van der Waals surface area contributed by atoms with Crippen LogP contribution in [0.15, 0.2) is 30.7 Å². The second kappa shape index (κ2) is 12.6. The van der Waals surface area contributed by atoms with Crippen LogP contribution in [0.25, 0.3) is 11.0 Å². The number of piperidine rings is 1. The number of fused-ring (bicyclic) bond motifs is 2. The second-order valence-corrected chi connectivity index (χ2v) is 13.5. The topological polar surface area (TPSA) is 121 Å². The van der Waals surface area contributed by atoms with E-state index in [0.717, 1.165) is 72.7 Å². The lowest BCUT2D eigenvalue weighted by atomic mass is 9.98. The SMILES string of the molecule is COc1ccc(CNc2ncnc3c2c(C2CCCC2)cn3[C@@H]2O[C@H](C(=O)NC3CCN(C)CC3)[C@H]3OC(C)(C)O[C@H]32)c(OC)c1. The summed E-state index contributed by atoms with van der Waals surface area (Å²) in [6, 6.07) is 5.92. The van der Waals surface area contributed by atoms with Crippen molar-refractivity contribution in [1.29, 1.82) is 0 Å². The van der Waals surface area contributed by atoms with Crippen molar-refractivity contribution in [2.45, 2.75) is 101 Å². The molecule has 3 aromatic rings. The lowest BCUT2D eigenvalue weighted by molar-refractivity contribution is -0.197. The van der Waals surface area contributed by atoms with Gasteiger partial charge in [-0.15, -0.1) is 0 Å². The zero-order chi connectivity index (χ0) is 32.0. The molecule has 46 heavy (non-hydrogen) atoms. The van der Waals surface area contributed by atoms with Gasteiger partial charge in [-0.05, 0) is 83.3 Å². The number of hydrogen-bond acceptors (Lipinski definition) is 10. The summed E-state index contributed by atoms with van der Waals surface area (Å²) in [6.07, 6.45) is 7.72. The van der Waals surface area contributed by atoms with E-state index in [2.05, 4.69) is 33.3 Å². The molecule has 3 aliphatic heterocycles. The van der Waals surface area contributed by atoms with Gasteiger partial charge in [-0.1, -0.05) is 12.8 Å². The van der Waals surface area contributed by atoms with Gasteiger partial charge in [-0.2, -0.15) is 0 Å². The highest BCUT2D eigenvalue weighted by molar-refractivity contribution is 5.91. The van der Waals surface area contributed by atoms with E-state index in [1.165, 1.54) is 18.4 Å². The van der Waals surface area contributed by atoms with Gasteiger partial charge in [-0.25, -0.2) is 9.97 Å². The van der Waals surface area contributed by atoms with Gasteiger partial charge in [0.15, 0.2) is 18.1 Å². The summed E-state index contributed by atoms with van der Waals surface area (Å²) >= 11 is 0. The number of nitrogens with zero attached hydrogens (tertiary/aromatic N) is 4. The number of amides is 1. The van der Waals surface area contributed by atoms with Crippen LogP contribution in [0.4, 0.5) is 5.82 Å². The van der Waals surface area contributed by atoms with E-state index in [0.29, 0.717) is 12.5 Å². The molecule has 1 saturated carbocycles. The normalized spacial score (nSPS) is 26.8. The monoisotopic (exact) mass is 634 g/mol. The van der Waals surface area contributed by atoms with Crippen molar-refractivity contribution in [3.05, 3.63) is 41.9 Å². The number of anilines is 1. The average molecular weight is 635 g/mol. The molecule has 5 heterocycles. The number of hydrogen-bond donors (Lipinski definition) is 2. The number of ether oxygens (including phenoxy) is 5. The molecule has 0 spiro atoms. The van der Waals surface area contributed by atoms with Crippen LogP contribution in [-0.2, 0) is 25.5 Å². The minimum absolute atomic E-state index is 0.118. The Hall–Kier alpha value is -3.45. The van der Waals surface area contributed by atoms with E-state index in [-0.39, 0.29) is 11.9 Å². The predicted octanol–water partition coefficient (Wildman–Crippen LogP) is 4.35. The predicted molar refractivity (Wildman–Crippen MR) is 172 cm³/mol. The number of likely N-dealkylation sites (tertiary alicyclic amines) is 1. The Morgan fingerprint density at radius 1 is 1.04 bits per heavy atom. The number of carbonyl (C=O) groups is 1. The quantitative estimate of drug-likeness (QED) is 0.352. The Labute approximate surface area is 270 Å². The third-order valence-corrected chi connectivity index (χ3v) is 10.0. The van der Waals surface area contributed by atoms with Crippen LogP contribution in [0.5, 0.6) is 11.5 Å². The number of rotatable bonds is 9. The fourth-order valence-electron chi connectivity index (χ4n) is 7.61. The van der Waals surface area contributed by atoms with Crippen LogP contribution in [0.1, 0.15) is 75.6 Å². The van der Waals surface area contributed by atoms with E-state index in [4.69, 9.17) is 33.7 Å². The number of carbonyl (C=O) groups excluding carboxylic acids is 1. The molecule has 2 aromatic heterocycles. The maximum Gasteiger partial charge on any atom is 0.252 e. The standard InChI is InChI=1S/C34H46N6O6/c1-34(2)45-27-28(32(41)38-22-12-14-39(3)15-13-22)44-33(29(27)46-34)40-18-24(20-8-6-7-9-20)26-30(36-19-37-31(26)40)35-17-21-10-11-23(42-4)16-25(21)43-5/h10-11,16,18-20,22,27-29,33H,6-9,12-15,17H2,1-5H3,(H,38,41)(H,35,36,37)/t27-,28+,29-,33-/m1/s1. The Morgan fingerprint density at radius 3 is 2.54 bits per heavy atom. The van der Waals surface area contributed by atoms with Crippen molar-refractivity contribution in [1.82, 2.24) is 24.8 Å². The lowest BCUT2D eigenvalue weighted by Crippen LogP contribution is -2.49. The van der Waals surface area contributed by atoms with Crippen molar-refractivity contribution in [3.63, 3.8) is 0 Å². The van der Waals surface area contributed by atoms with Crippen LogP contribution in [0, 0.1) is 0 Å². The molecular formula is C34H46N6O6. The molecule has 12 nitrogen and oxygen atoms in total. The van der Waals surface area contributed by atoms with Gasteiger partial charge >= 0.3 is 0 Å².